The zero-order chi connectivity index (χ0) is 11.7. The lowest BCUT2D eigenvalue weighted by Gasteiger charge is -2.35. The zero-order valence-corrected chi connectivity index (χ0v) is 10.5. The number of anilines is 2. The van der Waals surface area contributed by atoms with Gasteiger partial charge in [-0.15, -0.1) is 0 Å². The molecule has 1 saturated heterocycles. The van der Waals surface area contributed by atoms with E-state index in [2.05, 4.69) is 42.8 Å². The highest BCUT2D eigenvalue weighted by atomic mass is 15.3. The Morgan fingerprint density at radius 3 is 2.25 bits per heavy atom. The maximum atomic E-state index is 6.13. The molecule has 0 unspecified atom stereocenters. The Hall–Kier alpha value is -1.22. The summed E-state index contributed by atoms with van der Waals surface area (Å²) < 4.78 is 0. The summed E-state index contributed by atoms with van der Waals surface area (Å²) in [6.45, 7) is 8.63. The van der Waals surface area contributed by atoms with Crippen molar-refractivity contribution in [3.63, 3.8) is 0 Å². The van der Waals surface area contributed by atoms with E-state index in [9.17, 15) is 0 Å². The van der Waals surface area contributed by atoms with Gasteiger partial charge in [0, 0.05) is 26.2 Å². The Morgan fingerprint density at radius 2 is 1.69 bits per heavy atom. The summed E-state index contributed by atoms with van der Waals surface area (Å²) in [6, 6.07) is 4.28. The van der Waals surface area contributed by atoms with Gasteiger partial charge in [0.15, 0.2) is 0 Å². The van der Waals surface area contributed by atoms with Crippen LogP contribution in [0.2, 0.25) is 0 Å². The van der Waals surface area contributed by atoms with Gasteiger partial charge in [-0.3, -0.25) is 0 Å². The highest BCUT2D eigenvalue weighted by molar-refractivity contribution is 5.72. The smallest absolute Gasteiger partial charge is 0.0630 e. The van der Waals surface area contributed by atoms with Crippen LogP contribution in [-0.4, -0.2) is 38.1 Å². The minimum Gasteiger partial charge on any atom is -0.397 e. The van der Waals surface area contributed by atoms with Gasteiger partial charge in [-0.25, -0.2) is 0 Å². The van der Waals surface area contributed by atoms with Crippen LogP contribution >= 0.6 is 0 Å². The van der Waals surface area contributed by atoms with E-state index < -0.39 is 0 Å². The van der Waals surface area contributed by atoms with E-state index in [1.54, 1.807) is 0 Å². The standard InChI is InChI=1S/C13H21N3/c1-10-8-11(2)13(12(14)9-10)16-6-4-15(3)5-7-16/h8-9H,4-7,14H2,1-3H3. The summed E-state index contributed by atoms with van der Waals surface area (Å²) in [6.07, 6.45) is 0. The molecule has 2 N–H and O–H groups in total. The van der Waals surface area contributed by atoms with Gasteiger partial charge in [-0.1, -0.05) is 6.07 Å². The van der Waals surface area contributed by atoms with Gasteiger partial charge in [-0.2, -0.15) is 0 Å². The van der Waals surface area contributed by atoms with E-state index in [1.165, 1.54) is 16.8 Å². The molecule has 1 heterocycles. The number of hydrogen-bond acceptors (Lipinski definition) is 3. The average molecular weight is 219 g/mol. The van der Waals surface area contributed by atoms with E-state index in [4.69, 9.17) is 5.73 Å². The van der Waals surface area contributed by atoms with Crippen LogP contribution in [0.25, 0.3) is 0 Å². The van der Waals surface area contributed by atoms with Crippen LogP contribution in [0.1, 0.15) is 11.1 Å². The number of rotatable bonds is 1. The minimum atomic E-state index is 0.919. The minimum absolute atomic E-state index is 0.919. The summed E-state index contributed by atoms with van der Waals surface area (Å²) >= 11 is 0. The molecule has 1 aromatic rings. The molecule has 0 spiro atoms. The Kier molecular flexibility index (Phi) is 3.06. The molecule has 0 aliphatic carbocycles. The van der Waals surface area contributed by atoms with Crippen molar-refractivity contribution in [1.82, 2.24) is 4.90 Å². The molecule has 0 saturated carbocycles. The third-order valence-electron chi connectivity index (χ3n) is 3.29. The summed E-state index contributed by atoms with van der Waals surface area (Å²) in [4.78, 5) is 4.76. The summed E-state index contributed by atoms with van der Waals surface area (Å²) in [7, 11) is 2.17. The molecule has 3 nitrogen and oxygen atoms in total. The van der Waals surface area contributed by atoms with Crippen molar-refractivity contribution in [2.75, 3.05) is 43.9 Å². The second kappa shape index (κ2) is 4.34. The lowest BCUT2D eigenvalue weighted by Crippen LogP contribution is -2.45. The quantitative estimate of drug-likeness (QED) is 0.729. The Balaban J connectivity index is 2.26. The molecule has 0 aromatic heterocycles. The lowest BCUT2D eigenvalue weighted by molar-refractivity contribution is 0.313. The third kappa shape index (κ3) is 2.14. The van der Waals surface area contributed by atoms with Crippen LogP contribution < -0.4 is 10.6 Å². The summed E-state index contributed by atoms with van der Waals surface area (Å²) in [5, 5.41) is 0. The van der Waals surface area contributed by atoms with Gasteiger partial charge in [0.1, 0.15) is 0 Å². The number of nitrogens with two attached hydrogens (primary N) is 1. The number of piperazine rings is 1. The summed E-state index contributed by atoms with van der Waals surface area (Å²) in [5.74, 6) is 0. The monoisotopic (exact) mass is 219 g/mol. The van der Waals surface area contributed by atoms with Gasteiger partial charge in [0.05, 0.1) is 11.4 Å². The van der Waals surface area contributed by atoms with Crippen molar-refractivity contribution in [3.8, 4) is 0 Å². The van der Waals surface area contributed by atoms with Crippen LogP contribution in [0, 0.1) is 13.8 Å². The maximum absolute atomic E-state index is 6.13. The average Bonchev–Trinajstić information content (AvgIpc) is 2.19. The molecule has 2 rings (SSSR count). The second-order valence-corrected chi connectivity index (χ2v) is 4.81. The molecule has 16 heavy (non-hydrogen) atoms. The van der Waals surface area contributed by atoms with Crippen molar-refractivity contribution in [2.45, 2.75) is 13.8 Å². The van der Waals surface area contributed by atoms with Crippen molar-refractivity contribution in [2.24, 2.45) is 0 Å². The number of hydrogen-bond donors (Lipinski definition) is 1. The van der Waals surface area contributed by atoms with Gasteiger partial charge >= 0.3 is 0 Å². The molecule has 1 aromatic carbocycles. The number of likely N-dealkylation sites (N-methyl/N-ethyl adjacent to an activating group) is 1. The number of aryl methyl sites for hydroxylation is 2. The van der Waals surface area contributed by atoms with E-state index in [-0.39, 0.29) is 0 Å². The van der Waals surface area contributed by atoms with E-state index in [0.717, 1.165) is 31.9 Å². The van der Waals surface area contributed by atoms with Crippen LogP contribution in [0.5, 0.6) is 0 Å². The first-order valence-corrected chi connectivity index (χ1v) is 5.88. The van der Waals surface area contributed by atoms with Crippen LogP contribution in [0.3, 0.4) is 0 Å². The van der Waals surface area contributed by atoms with Crippen LogP contribution in [0.15, 0.2) is 12.1 Å². The Morgan fingerprint density at radius 1 is 1.06 bits per heavy atom. The third-order valence-corrected chi connectivity index (χ3v) is 3.29. The van der Waals surface area contributed by atoms with Gasteiger partial charge in [0.25, 0.3) is 0 Å². The van der Waals surface area contributed by atoms with Gasteiger partial charge in [-0.05, 0) is 38.1 Å². The number of benzene rings is 1. The van der Waals surface area contributed by atoms with Crippen LogP contribution in [0.4, 0.5) is 11.4 Å². The van der Waals surface area contributed by atoms with Crippen molar-refractivity contribution >= 4 is 11.4 Å². The SMILES string of the molecule is Cc1cc(C)c(N2CCN(C)CC2)c(N)c1. The molecule has 1 aliphatic rings. The highest BCUT2D eigenvalue weighted by Crippen LogP contribution is 2.29. The van der Waals surface area contributed by atoms with E-state index >= 15 is 0 Å². The van der Waals surface area contributed by atoms with Gasteiger partial charge in [0.2, 0.25) is 0 Å². The fraction of sp³-hybridized carbons (Fsp3) is 0.538. The Labute approximate surface area is 97.8 Å². The normalized spacial score (nSPS) is 17.8. The molecular formula is C13H21N3. The predicted octanol–water partition coefficient (Wildman–Crippen LogP) is 1.64. The molecule has 3 heteroatoms. The number of nitrogens with zero attached hydrogens (tertiary/aromatic N) is 2. The first kappa shape index (κ1) is 11.3. The molecule has 0 atom stereocenters. The predicted molar refractivity (Wildman–Crippen MR) is 70.0 cm³/mol. The fourth-order valence-electron chi connectivity index (χ4n) is 2.45. The lowest BCUT2D eigenvalue weighted by atomic mass is 10.1. The molecule has 0 radical (unpaired) electrons. The summed E-state index contributed by atoms with van der Waals surface area (Å²) in [5.41, 5.74) is 10.8. The second-order valence-electron chi connectivity index (χ2n) is 4.81. The Bertz CT molecular complexity index is 356. The molecular weight excluding hydrogens is 198 g/mol. The van der Waals surface area contributed by atoms with Crippen LogP contribution in [-0.2, 0) is 0 Å². The number of nitrogen functional groups attached to an aromatic ring is 1. The molecule has 1 fully saturated rings. The van der Waals surface area contributed by atoms with Gasteiger partial charge < -0.3 is 15.5 Å². The first-order valence-electron chi connectivity index (χ1n) is 5.88. The van der Waals surface area contributed by atoms with E-state index in [0.29, 0.717) is 0 Å². The molecule has 0 bridgehead atoms. The fourth-order valence-corrected chi connectivity index (χ4v) is 2.45. The molecule has 0 amide bonds. The largest absolute Gasteiger partial charge is 0.397 e. The molecule has 88 valence electrons. The zero-order valence-electron chi connectivity index (χ0n) is 10.5. The van der Waals surface area contributed by atoms with E-state index in [1.807, 2.05) is 0 Å². The molecule has 1 aliphatic heterocycles. The highest BCUT2D eigenvalue weighted by Gasteiger charge is 2.17. The van der Waals surface area contributed by atoms with Crippen molar-refractivity contribution < 1.29 is 0 Å². The maximum Gasteiger partial charge on any atom is 0.0630 e. The first-order chi connectivity index (χ1) is 7.58. The van der Waals surface area contributed by atoms with Crippen molar-refractivity contribution in [3.05, 3.63) is 23.3 Å². The topological polar surface area (TPSA) is 32.5 Å². The van der Waals surface area contributed by atoms with Crippen molar-refractivity contribution in [1.29, 1.82) is 0 Å².